The van der Waals surface area contributed by atoms with Crippen molar-refractivity contribution in [2.45, 2.75) is 6.92 Å². The van der Waals surface area contributed by atoms with Gasteiger partial charge in [-0.2, -0.15) is 0 Å². The van der Waals surface area contributed by atoms with Crippen molar-refractivity contribution in [3.63, 3.8) is 0 Å². The number of hydrogen-bond donors (Lipinski definition) is 2. The van der Waals surface area contributed by atoms with Crippen LogP contribution in [0.25, 0.3) is 0 Å². The lowest BCUT2D eigenvalue weighted by molar-refractivity contribution is -0.119. The van der Waals surface area contributed by atoms with Gasteiger partial charge < -0.3 is 20.3 Å². The molecule has 166 valence electrons. The van der Waals surface area contributed by atoms with Crippen LogP contribution in [-0.2, 0) is 14.3 Å². The number of likely N-dealkylation sites (N-methyl/N-ethyl adjacent to an activating group) is 1. The molecule has 0 bridgehead atoms. The number of benzene rings is 2. The number of ether oxygens (including phenoxy) is 1. The van der Waals surface area contributed by atoms with Crippen molar-refractivity contribution < 1.29 is 23.1 Å². The predicted octanol–water partition coefficient (Wildman–Crippen LogP) is 2.70. The van der Waals surface area contributed by atoms with Gasteiger partial charge in [-0.05, 0) is 42.9 Å². The number of rotatable bonds is 8. The summed E-state index contributed by atoms with van der Waals surface area (Å²) in [5.74, 6) is -2.33. The molecule has 9 heteroatoms. The summed E-state index contributed by atoms with van der Waals surface area (Å²) in [6.45, 7) is 5.23. The molecule has 0 unspecified atom stereocenters. The van der Waals surface area contributed by atoms with E-state index in [9.17, 15) is 18.4 Å². The van der Waals surface area contributed by atoms with E-state index in [1.807, 2.05) is 31.2 Å². The molecule has 3 rings (SSSR count). The molecule has 7 nitrogen and oxygen atoms in total. The van der Waals surface area contributed by atoms with E-state index in [1.165, 1.54) is 0 Å². The summed E-state index contributed by atoms with van der Waals surface area (Å²) >= 11 is 0. The van der Waals surface area contributed by atoms with Crippen LogP contribution in [0.5, 0.6) is 0 Å². The number of halogens is 2. The Kier molecular flexibility index (Phi) is 7.91. The number of hydrogen-bond acceptors (Lipinski definition) is 5. The summed E-state index contributed by atoms with van der Waals surface area (Å²) in [4.78, 5) is 28.4. The van der Waals surface area contributed by atoms with Gasteiger partial charge in [-0.15, -0.1) is 0 Å². The monoisotopic (exact) mass is 432 g/mol. The molecule has 1 aliphatic heterocycles. The van der Waals surface area contributed by atoms with Gasteiger partial charge in [0.15, 0.2) is 0 Å². The van der Waals surface area contributed by atoms with Crippen molar-refractivity contribution in [2.24, 2.45) is 0 Å². The quantitative estimate of drug-likeness (QED) is 0.671. The predicted molar refractivity (Wildman–Crippen MR) is 115 cm³/mol. The van der Waals surface area contributed by atoms with Gasteiger partial charge in [0.2, 0.25) is 11.8 Å². The highest BCUT2D eigenvalue weighted by atomic mass is 19.1. The molecule has 2 aromatic rings. The molecular formula is C22H26F2N4O3. The Bertz CT molecular complexity index is 902. The van der Waals surface area contributed by atoms with E-state index in [4.69, 9.17) is 4.74 Å². The molecule has 0 radical (unpaired) electrons. The van der Waals surface area contributed by atoms with Crippen molar-refractivity contribution in [3.05, 3.63) is 54.1 Å². The van der Waals surface area contributed by atoms with Crippen LogP contribution in [0, 0.1) is 11.6 Å². The Balaban J connectivity index is 1.49. The van der Waals surface area contributed by atoms with Crippen LogP contribution in [0.15, 0.2) is 42.5 Å². The highest BCUT2D eigenvalue weighted by Gasteiger charge is 2.16. The number of amides is 2. The van der Waals surface area contributed by atoms with Crippen molar-refractivity contribution >= 4 is 28.9 Å². The van der Waals surface area contributed by atoms with Gasteiger partial charge in [-0.1, -0.05) is 6.92 Å². The minimum atomic E-state index is -0.852. The van der Waals surface area contributed by atoms with E-state index in [0.717, 1.165) is 30.9 Å². The second kappa shape index (κ2) is 10.8. The summed E-state index contributed by atoms with van der Waals surface area (Å²) in [5, 5.41) is 5.21. The molecule has 2 N–H and O–H groups in total. The van der Waals surface area contributed by atoms with Crippen LogP contribution in [-0.4, -0.2) is 62.7 Å². The van der Waals surface area contributed by atoms with Gasteiger partial charge in [0.1, 0.15) is 11.6 Å². The molecule has 0 atom stereocenters. The fraction of sp³-hybridized carbons (Fsp3) is 0.364. The third-order valence-corrected chi connectivity index (χ3v) is 4.91. The molecule has 1 fully saturated rings. The molecular weight excluding hydrogens is 406 g/mol. The van der Waals surface area contributed by atoms with Crippen LogP contribution >= 0.6 is 0 Å². The standard InChI is InChI=1S/C22H26F2N4O3/c1-2-27(15-22(30)26-20-8-3-16(23)13-19(20)24)14-21(29)25-17-4-6-18(7-5-17)28-9-11-31-12-10-28/h3-8,13H,2,9-12,14-15H2,1H3,(H,25,29)(H,26,30). The third kappa shape index (κ3) is 6.73. The summed E-state index contributed by atoms with van der Waals surface area (Å²) in [6, 6.07) is 10.5. The maximum atomic E-state index is 13.7. The molecule has 0 saturated carbocycles. The average Bonchev–Trinajstić information content (AvgIpc) is 2.76. The molecule has 0 spiro atoms. The SMILES string of the molecule is CCN(CC(=O)Nc1ccc(N2CCOCC2)cc1)CC(=O)Nc1ccc(F)cc1F. The minimum Gasteiger partial charge on any atom is -0.378 e. The van der Waals surface area contributed by atoms with E-state index < -0.39 is 17.5 Å². The van der Waals surface area contributed by atoms with Gasteiger partial charge in [-0.25, -0.2) is 8.78 Å². The first kappa shape index (κ1) is 22.6. The smallest absolute Gasteiger partial charge is 0.238 e. The van der Waals surface area contributed by atoms with E-state index >= 15 is 0 Å². The number of morpholine rings is 1. The zero-order valence-corrected chi connectivity index (χ0v) is 17.4. The third-order valence-electron chi connectivity index (χ3n) is 4.91. The highest BCUT2D eigenvalue weighted by Crippen LogP contribution is 2.19. The maximum Gasteiger partial charge on any atom is 0.238 e. The molecule has 1 aliphatic rings. The first-order valence-electron chi connectivity index (χ1n) is 10.1. The fourth-order valence-corrected chi connectivity index (χ4v) is 3.24. The number of nitrogens with zero attached hydrogens (tertiary/aromatic N) is 2. The lowest BCUT2D eigenvalue weighted by atomic mass is 10.2. The first-order chi connectivity index (χ1) is 14.9. The van der Waals surface area contributed by atoms with E-state index in [1.54, 1.807) is 4.90 Å². The van der Waals surface area contributed by atoms with Crippen molar-refractivity contribution in [1.82, 2.24) is 4.90 Å². The maximum absolute atomic E-state index is 13.7. The normalized spacial score (nSPS) is 13.9. The van der Waals surface area contributed by atoms with E-state index in [0.29, 0.717) is 31.5 Å². The fourth-order valence-electron chi connectivity index (χ4n) is 3.24. The van der Waals surface area contributed by atoms with Crippen LogP contribution in [0.1, 0.15) is 6.92 Å². The zero-order valence-electron chi connectivity index (χ0n) is 17.4. The van der Waals surface area contributed by atoms with Gasteiger partial charge in [-0.3, -0.25) is 14.5 Å². The van der Waals surface area contributed by atoms with Crippen LogP contribution < -0.4 is 15.5 Å². The summed E-state index contributed by atoms with van der Waals surface area (Å²) < 4.78 is 32.0. The number of carbonyl (C=O) groups is 2. The van der Waals surface area contributed by atoms with E-state index in [2.05, 4.69) is 15.5 Å². The molecule has 0 aromatic heterocycles. The van der Waals surface area contributed by atoms with Crippen LogP contribution in [0.2, 0.25) is 0 Å². The molecule has 1 saturated heterocycles. The summed E-state index contributed by atoms with van der Waals surface area (Å²) in [5.41, 5.74) is 1.63. The minimum absolute atomic E-state index is 0.00103. The Labute approximate surface area is 180 Å². The Morgan fingerprint density at radius 1 is 1.00 bits per heavy atom. The molecule has 0 aliphatic carbocycles. The highest BCUT2D eigenvalue weighted by molar-refractivity contribution is 5.94. The zero-order chi connectivity index (χ0) is 22.2. The van der Waals surface area contributed by atoms with Gasteiger partial charge in [0.25, 0.3) is 0 Å². The van der Waals surface area contributed by atoms with Crippen molar-refractivity contribution in [2.75, 3.05) is 61.5 Å². The van der Waals surface area contributed by atoms with Crippen molar-refractivity contribution in [1.29, 1.82) is 0 Å². The Morgan fingerprint density at radius 3 is 2.26 bits per heavy atom. The second-order valence-corrected chi connectivity index (χ2v) is 7.17. The largest absolute Gasteiger partial charge is 0.378 e. The number of carbonyl (C=O) groups excluding carboxylic acids is 2. The number of anilines is 3. The summed E-state index contributed by atoms with van der Waals surface area (Å²) in [6.07, 6.45) is 0. The van der Waals surface area contributed by atoms with Crippen LogP contribution in [0.4, 0.5) is 25.8 Å². The Hall–Kier alpha value is -3.04. The molecule has 1 heterocycles. The average molecular weight is 432 g/mol. The molecule has 31 heavy (non-hydrogen) atoms. The molecule has 2 aromatic carbocycles. The van der Waals surface area contributed by atoms with Gasteiger partial charge in [0.05, 0.1) is 32.0 Å². The van der Waals surface area contributed by atoms with E-state index in [-0.39, 0.29) is 24.7 Å². The van der Waals surface area contributed by atoms with Crippen molar-refractivity contribution in [3.8, 4) is 0 Å². The second-order valence-electron chi connectivity index (χ2n) is 7.17. The lowest BCUT2D eigenvalue weighted by Crippen LogP contribution is -2.38. The van der Waals surface area contributed by atoms with Gasteiger partial charge >= 0.3 is 0 Å². The lowest BCUT2D eigenvalue weighted by Gasteiger charge is -2.29. The first-order valence-corrected chi connectivity index (χ1v) is 10.1. The van der Waals surface area contributed by atoms with Gasteiger partial charge in [0, 0.05) is 30.5 Å². The van der Waals surface area contributed by atoms with Crippen LogP contribution in [0.3, 0.4) is 0 Å². The Morgan fingerprint density at radius 2 is 1.65 bits per heavy atom. The number of nitrogens with one attached hydrogen (secondary N) is 2. The topological polar surface area (TPSA) is 73.9 Å². The summed E-state index contributed by atoms with van der Waals surface area (Å²) in [7, 11) is 0. The molecule has 2 amide bonds.